The quantitative estimate of drug-likeness (QED) is 0.537. The minimum Gasteiger partial charge on any atom is -0.421 e. The van der Waals surface area contributed by atoms with Gasteiger partial charge in [0.05, 0.1) is 15.5 Å². The van der Waals surface area contributed by atoms with Crippen molar-refractivity contribution < 1.29 is 17.9 Å². The molecule has 2 aromatic carbocycles. The molecule has 1 aliphatic rings. The fourth-order valence-electron chi connectivity index (χ4n) is 3.56. The van der Waals surface area contributed by atoms with Crippen LogP contribution in [-0.4, -0.2) is 31.8 Å². The Morgan fingerprint density at radius 3 is 2.29 bits per heavy atom. The number of ether oxygens (including phenoxy) is 1. The Balaban J connectivity index is 1.77. The number of aryl methyl sites for hydroxylation is 1. The monoisotopic (exact) mass is 421 g/mol. The van der Waals surface area contributed by atoms with Crippen LogP contribution in [-0.2, 0) is 10.0 Å². The van der Waals surface area contributed by atoms with Crippen molar-refractivity contribution in [2.45, 2.75) is 32.1 Å². The first kappa shape index (κ1) is 20.8. The average molecular weight is 422 g/mol. The lowest BCUT2D eigenvalue weighted by molar-refractivity contribution is 0.0734. The number of carbonyl (C=O) groups excluding carboxylic acids is 1. The molecular formula is C21H24ClNO4S. The van der Waals surface area contributed by atoms with Crippen LogP contribution in [0.3, 0.4) is 0 Å². The summed E-state index contributed by atoms with van der Waals surface area (Å²) in [5, 5.41) is 0.339. The van der Waals surface area contributed by atoms with Gasteiger partial charge in [-0.2, -0.15) is 4.31 Å². The van der Waals surface area contributed by atoms with Gasteiger partial charge in [-0.15, -0.1) is 0 Å². The highest BCUT2D eigenvalue weighted by Gasteiger charge is 2.31. The topological polar surface area (TPSA) is 63.7 Å². The normalized spacial score (nSPS) is 20.7. The Morgan fingerprint density at radius 1 is 1.07 bits per heavy atom. The van der Waals surface area contributed by atoms with Crippen LogP contribution in [0.15, 0.2) is 47.4 Å². The maximum absolute atomic E-state index is 12.9. The number of hydrogen-bond donors (Lipinski definition) is 0. The van der Waals surface area contributed by atoms with Gasteiger partial charge in [0.1, 0.15) is 5.75 Å². The van der Waals surface area contributed by atoms with E-state index in [0.29, 0.717) is 29.9 Å². The molecule has 2 aromatic rings. The molecule has 1 saturated heterocycles. The van der Waals surface area contributed by atoms with E-state index in [4.69, 9.17) is 16.3 Å². The highest BCUT2D eigenvalue weighted by atomic mass is 35.5. The molecular weight excluding hydrogens is 398 g/mol. The molecule has 1 fully saturated rings. The number of esters is 1. The van der Waals surface area contributed by atoms with Gasteiger partial charge >= 0.3 is 5.97 Å². The van der Waals surface area contributed by atoms with E-state index < -0.39 is 16.0 Å². The highest BCUT2D eigenvalue weighted by molar-refractivity contribution is 7.89. The first-order valence-electron chi connectivity index (χ1n) is 9.25. The van der Waals surface area contributed by atoms with Crippen LogP contribution < -0.4 is 4.74 Å². The van der Waals surface area contributed by atoms with Crippen molar-refractivity contribution in [3.05, 3.63) is 58.6 Å². The summed E-state index contributed by atoms with van der Waals surface area (Å²) < 4.78 is 32.7. The lowest BCUT2D eigenvalue weighted by Crippen LogP contribution is -2.42. The summed E-state index contributed by atoms with van der Waals surface area (Å²) in [7, 11) is -3.58. The zero-order valence-electron chi connectivity index (χ0n) is 16.2. The first-order valence-corrected chi connectivity index (χ1v) is 11.1. The molecule has 0 N–H and O–H groups in total. The van der Waals surface area contributed by atoms with E-state index in [9.17, 15) is 13.2 Å². The van der Waals surface area contributed by atoms with Crippen LogP contribution in [0.25, 0.3) is 0 Å². The van der Waals surface area contributed by atoms with Crippen LogP contribution in [0.5, 0.6) is 5.75 Å². The minimum atomic E-state index is -3.58. The van der Waals surface area contributed by atoms with Crippen molar-refractivity contribution in [1.29, 1.82) is 0 Å². The summed E-state index contributed by atoms with van der Waals surface area (Å²) in [6.07, 6.45) is 1.03. The van der Waals surface area contributed by atoms with Crippen molar-refractivity contribution in [2.24, 2.45) is 11.8 Å². The van der Waals surface area contributed by atoms with Crippen LogP contribution in [0.2, 0.25) is 5.02 Å². The molecule has 2 atom stereocenters. The van der Waals surface area contributed by atoms with Gasteiger partial charge in [0.25, 0.3) is 0 Å². The predicted molar refractivity (Wildman–Crippen MR) is 109 cm³/mol. The summed E-state index contributed by atoms with van der Waals surface area (Å²) in [6, 6.07) is 11.0. The summed E-state index contributed by atoms with van der Waals surface area (Å²) in [5.74, 6) is 0.343. The zero-order valence-corrected chi connectivity index (χ0v) is 17.8. The molecule has 0 unspecified atom stereocenters. The van der Waals surface area contributed by atoms with E-state index in [1.807, 2.05) is 13.0 Å². The Bertz CT molecular complexity index is 962. The van der Waals surface area contributed by atoms with Crippen LogP contribution in [0.1, 0.15) is 36.2 Å². The Labute approximate surface area is 171 Å². The SMILES string of the molecule is Cc1ccc(Cl)c(OC(=O)c2ccc(S(=O)(=O)N3C[C@H](C)C[C@H](C)C3)cc2)c1. The third kappa shape index (κ3) is 4.57. The number of halogens is 1. The lowest BCUT2D eigenvalue weighted by atomic mass is 9.94. The number of benzene rings is 2. The number of rotatable bonds is 4. The van der Waals surface area contributed by atoms with Crippen LogP contribution >= 0.6 is 11.6 Å². The molecule has 0 spiro atoms. The molecule has 1 aliphatic heterocycles. The lowest BCUT2D eigenvalue weighted by Gasteiger charge is -2.34. The van der Waals surface area contributed by atoms with Crippen molar-refractivity contribution >= 4 is 27.6 Å². The molecule has 150 valence electrons. The molecule has 3 rings (SSSR count). The Hall–Kier alpha value is -1.89. The minimum absolute atomic E-state index is 0.180. The van der Waals surface area contributed by atoms with E-state index in [0.717, 1.165) is 12.0 Å². The second kappa shape index (κ2) is 8.23. The van der Waals surface area contributed by atoms with Gasteiger partial charge in [-0.3, -0.25) is 0 Å². The molecule has 1 heterocycles. The summed E-state index contributed by atoms with van der Waals surface area (Å²) in [5.41, 5.74) is 1.18. The second-order valence-corrected chi connectivity index (χ2v) is 9.96. The molecule has 7 heteroatoms. The standard InChI is InChI=1S/C21H24ClNO4S/c1-14-4-9-19(22)20(11-14)27-21(24)17-5-7-18(8-6-17)28(25,26)23-12-15(2)10-16(3)13-23/h4-9,11,15-16H,10,12-13H2,1-3H3/t15-,16+. The average Bonchev–Trinajstić information content (AvgIpc) is 2.64. The van der Waals surface area contributed by atoms with Gasteiger partial charge < -0.3 is 4.74 Å². The van der Waals surface area contributed by atoms with Gasteiger partial charge in [-0.25, -0.2) is 13.2 Å². The number of hydrogen-bond acceptors (Lipinski definition) is 4. The molecule has 5 nitrogen and oxygen atoms in total. The third-order valence-corrected chi connectivity index (χ3v) is 7.01. The predicted octanol–water partition coefficient (Wildman–Crippen LogP) is 4.53. The van der Waals surface area contributed by atoms with Gasteiger partial charge in [-0.05, 0) is 67.1 Å². The smallest absolute Gasteiger partial charge is 0.343 e. The van der Waals surface area contributed by atoms with E-state index in [1.165, 1.54) is 28.6 Å². The van der Waals surface area contributed by atoms with Crippen LogP contribution in [0.4, 0.5) is 0 Å². The van der Waals surface area contributed by atoms with E-state index in [-0.39, 0.29) is 16.2 Å². The molecule has 0 bridgehead atoms. The summed E-state index contributed by atoms with van der Waals surface area (Å²) in [4.78, 5) is 12.6. The molecule has 0 aliphatic carbocycles. The Kier molecular flexibility index (Phi) is 6.12. The highest BCUT2D eigenvalue weighted by Crippen LogP contribution is 2.28. The maximum atomic E-state index is 12.9. The molecule has 0 aromatic heterocycles. The number of nitrogens with zero attached hydrogens (tertiary/aromatic N) is 1. The Morgan fingerprint density at radius 2 is 1.68 bits per heavy atom. The maximum Gasteiger partial charge on any atom is 0.343 e. The van der Waals surface area contributed by atoms with Gasteiger partial charge in [0, 0.05) is 13.1 Å². The second-order valence-electron chi connectivity index (χ2n) is 7.62. The number of carbonyl (C=O) groups is 1. The molecule has 0 radical (unpaired) electrons. The summed E-state index contributed by atoms with van der Waals surface area (Å²) in [6.45, 7) is 7.03. The van der Waals surface area contributed by atoms with Crippen molar-refractivity contribution in [3.8, 4) is 5.75 Å². The fraction of sp³-hybridized carbons (Fsp3) is 0.381. The molecule has 28 heavy (non-hydrogen) atoms. The zero-order chi connectivity index (χ0) is 20.5. The van der Waals surface area contributed by atoms with Crippen molar-refractivity contribution in [3.63, 3.8) is 0 Å². The van der Waals surface area contributed by atoms with E-state index >= 15 is 0 Å². The first-order chi connectivity index (χ1) is 13.2. The fourth-order valence-corrected chi connectivity index (χ4v) is 5.40. The third-order valence-electron chi connectivity index (χ3n) is 4.85. The van der Waals surface area contributed by atoms with E-state index in [1.54, 1.807) is 12.1 Å². The summed E-state index contributed by atoms with van der Waals surface area (Å²) >= 11 is 6.06. The van der Waals surface area contributed by atoms with Gasteiger partial charge in [-0.1, -0.05) is 31.5 Å². The molecule has 0 saturated carbocycles. The van der Waals surface area contributed by atoms with Crippen molar-refractivity contribution in [1.82, 2.24) is 4.31 Å². The largest absolute Gasteiger partial charge is 0.421 e. The molecule has 0 amide bonds. The van der Waals surface area contributed by atoms with Gasteiger partial charge in [0.2, 0.25) is 10.0 Å². The van der Waals surface area contributed by atoms with Crippen molar-refractivity contribution in [2.75, 3.05) is 13.1 Å². The van der Waals surface area contributed by atoms with Gasteiger partial charge in [0.15, 0.2) is 0 Å². The van der Waals surface area contributed by atoms with Crippen LogP contribution in [0, 0.1) is 18.8 Å². The number of piperidine rings is 1. The number of sulfonamides is 1. The van der Waals surface area contributed by atoms with E-state index in [2.05, 4.69) is 13.8 Å².